The van der Waals surface area contributed by atoms with Gasteiger partial charge in [0.15, 0.2) is 0 Å². The molecule has 156 valence electrons. The van der Waals surface area contributed by atoms with Gasteiger partial charge in [0.1, 0.15) is 0 Å². The minimum Gasteiger partial charge on any atom is -0.481 e. The molecule has 0 aromatic carbocycles. The molecule has 2 atom stereocenters. The maximum absolute atomic E-state index is 10.4. The van der Waals surface area contributed by atoms with Crippen molar-refractivity contribution in [2.75, 3.05) is 0 Å². The lowest BCUT2D eigenvalue weighted by Crippen LogP contribution is -1.98. The van der Waals surface area contributed by atoms with E-state index >= 15 is 0 Å². The molecule has 0 saturated carbocycles. The van der Waals surface area contributed by atoms with Crippen molar-refractivity contribution in [1.82, 2.24) is 0 Å². The Labute approximate surface area is 170 Å². The number of rotatable bonds is 16. The zero-order valence-corrected chi connectivity index (χ0v) is 17.0. The van der Waals surface area contributed by atoms with E-state index in [-0.39, 0.29) is 6.42 Å². The molecule has 4 nitrogen and oxygen atoms in total. The van der Waals surface area contributed by atoms with Crippen LogP contribution in [-0.4, -0.2) is 33.5 Å². The molecule has 0 amide bonds. The molecule has 0 unspecified atom stereocenters. The average molecular weight is 389 g/mol. The fourth-order valence-corrected chi connectivity index (χ4v) is 2.24. The molecule has 28 heavy (non-hydrogen) atoms. The number of carboxylic acid groups (broad SMARTS) is 1. The van der Waals surface area contributed by atoms with Crippen LogP contribution in [0.15, 0.2) is 72.9 Å². The van der Waals surface area contributed by atoms with Crippen LogP contribution >= 0.6 is 0 Å². The van der Waals surface area contributed by atoms with Crippen LogP contribution in [0.2, 0.25) is 0 Å². The highest BCUT2D eigenvalue weighted by Gasteiger charge is 1.95. The number of allylic oxidation sites excluding steroid dienone is 8. The van der Waals surface area contributed by atoms with Gasteiger partial charge in [-0.2, -0.15) is 0 Å². The van der Waals surface area contributed by atoms with Crippen molar-refractivity contribution in [2.45, 2.75) is 70.5 Å². The lowest BCUT2D eigenvalue weighted by Gasteiger charge is -1.99. The zero-order valence-electron chi connectivity index (χ0n) is 17.0. The van der Waals surface area contributed by atoms with E-state index in [9.17, 15) is 15.0 Å². The molecule has 0 saturated heterocycles. The number of aliphatic hydroxyl groups is 2. The second-order valence-electron chi connectivity index (χ2n) is 6.46. The molecule has 0 aliphatic rings. The Bertz CT molecular complexity index is 553. The molecule has 0 aromatic rings. The normalized spacial score (nSPS) is 15.2. The summed E-state index contributed by atoms with van der Waals surface area (Å²) in [4.78, 5) is 10.4. The molecule has 0 aromatic heterocycles. The second-order valence-corrected chi connectivity index (χ2v) is 6.46. The first-order valence-electron chi connectivity index (χ1n) is 10.1. The summed E-state index contributed by atoms with van der Waals surface area (Å²) in [5.41, 5.74) is 0. The van der Waals surface area contributed by atoms with Crippen LogP contribution in [0.1, 0.15) is 58.3 Å². The summed E-state index contributed by atoms with van der Waals surface area (Å²) in [5, 5.41) is 28.1. The van der Waals surface area contributed by atoms with Gasteiger partial charge in [-0.15, -0.1) is 0 Å². The Morgan fingerprint density at radius 3 is 1.93 bits per heavy atom. The first-order valence-corrected chi connectivity index (χ1v) is 10.1. The molecule has 3 N–H and O–H groups in total. The quantitative estimate of drug-likeness (QED) is 0.191. The molecule has 0 aliphatic carbocycles. The maximum Gasteiger partial charge on any atom is 0.303 e. The first-order chi connectivity index (χ1) is 13.6. The Morgan fingerprint density at radius 2 is 1.36 bits per heavy atom. The molecule has 0 bridgehead atoms. The highest BCUT2D eigenvalue weighted by atomic mass is 16.4. The van der Waals surface area contributed by atoms with E-state index in [1.807, 2.05) is 36.5 Å². The second kappa shape index (κ2) is 19.6. The van der Waals surface area contributed by atoms with Crippen LogP contribution in [0.25, 0.3) is 0 Å². The Balaban J connectivity index is 3.81. The lowest BCUT2D eigenvalue weighted by atomic mass is 10.1. The maximum atomic E-state index is 10.4. The van der Waals surface area contributed by atoms with Crippen LogP contribution in [-0.2, 0) is 4.79 Å². The number of hydrogen-bond acceptors (Lipinski definition) is 3. The van der Waals surface area contributed by atoms with Gasteiger partial charge in [0.25, 0.3) is 0 Å². The van der Waals surface area contributed by atoms with Crippen LogP contribution in [0.4, 0.5) is 0 Å². The van der Waals surface area contributed by atoms with Crippen LogP contribution < -0.4 is 0 Å². The number of hydrogen-bond donors (Lipinski definition) is 3. The average Bonchev–Trinajstić information content (AvgIpc) is 2.66. The number of aliphatic hydroxyl groups excluding tert-OH is 2. The summed E-state index contributed by atoms with van der Waals surface area (Å²) in [6.07, 6.45) is 27.6. The van der Waals surface area contributed by atoms with Gasteiger partial charge < -0.3 is 15.3 Å². The minimum absolute atomic E-state index is 0.239. The van der Waals surface area contributed by atoms with E-state index in [0.717, 1.165) is 32.1 Å². The fourth-order valence-electron chi connectivity index (χ4n) is 2.24. The van der Waals surface area contributed by atoms with Crippen molar-refractivity contribution < 1.29 is 20.1 Å². The van der Waals surface area contributed by atoms with E-state index in [0.29, 0.717) is 12.8 Å². The van der Waals surface area contributed by atoms with E-state index < -0.39 is 18.2 Å². The van der Waals surface area contributed by atoms with Gasteiger partial charge in [-0.1, -0.05) is 79.8 Å². The van der Waals surface area contributed by atoms with Crippen molar-refractivity contribution in [3.05, 3.63) is 72.9 Å². The monoisotopic (exact) mass is 388 g/mol. The molecule has 0 spiro atoms. The number of aliphatic carboxylic acids is 1. The highest BCUT2D eigenvalue weighted by molar-refractivity contribution is 5.66. The van der Waals surface area contributed by atoms with Gasteiger partial charge in [-0.25, -0.2) is 0 Å². The summed E-state index contributed by atoms with van der Waals surface area (Å²) in [6.45, 7) is 2.06. The van der Waals surface area contributed by atoms with E-state index in [1.165, 1.54) is 0 Å². The molecular formula is C24H36O4. The predicted octanol–water partition coefficient (Wildman–Crippen LogP) is 5.27. The van der Waals surface area contributed by atoms with Gasteiger partial charge in [-0.3, -0.25) is 4.79 Å². The summed E-state index contributed by atoms with van der Waals surface area (Å²) in [7, 11) is 0. The lowest BCUT2D eigenvalue weighted by molar-refractivity contribution is -0.137. The van der Waals surface area contributed by atoms with E-state index in [4.69, 9.17) is 5.11 Å². The summed E-state index contributed by atoms with van der Waals surface area (Å²) < 4.78 is 0. The van der Waals surface area contributed by atoms with Gasteiger partial charge >= 0.3 is 5.97 Å². The van der Waals surface area contributed by atoms with Crippen molar-refractivity contribution in [3.63, 3.8) is 0 Å². The zero-order chi connectivity index (χ0) is 20.9. The standard InChI is InChI=1S/C24H36O4/c1-2-3-12-17-22(25)19-14-10-11-15-20-23(26)18-13-8-6-4-5-7-9-16-21-24(27)28/h3-5,8,10-15,19-20,22-23,25-26H,2,6-7,9,16-18,21H2,1H3,(H,27,28)/b5-4-,11-10+,12-3-,13-8-,19-14-,20-15+/t22-,23+/m0/s1. The van der Waals surface area contributed by atoms with Crippen molar-refractivity contribution in [1.29, 1.82) is 0 Å². The molecule has 0 rings (SSSR count). The number of carboxylic acids is 1. The summed E-state index contributed by atoms with van der Waals surface area (Å²) in [6, 6.07) is 0. The van der Waals surface area contributed by atoms with Crippen molar-refractivity contribution in [3.8, 4) is 0 Å². The topological polar surface area (TPSA) is 77.8 Å². The Hall–Kier alpha value is -2.17. The third-order valence-corrected chi connectivity index (χ3v) is 3.77. The van der Waals surface area contributed by atoms with Crippen molar-refractivity contribution >= 4 is 5.97 Å². The number of carbonyl (C=O) groups is 1. The molecule has 0 heterocycles. The van der Waals surface area contributed by atoms with Crippen molar-refractivity contribution in [2.24, 2.45) is 0 Å². The number of unbranched alkanes of at least 4 members (excludes halogenated alkanes) is 2. The van der Waals surface area contributed by atoms with E-state index in [2.05, 4.69) is 19.1 Å². The van der Waals surface area contributed by atoms with Crippen LogP contribution in [0.5, 0.6) is 0 Å². The molecule has 4 heteroatoms. The SMILES string of the molecule is CC/C=C\C[C@H](O)\C=C/C=C/C=C/[C@H](O)C/C=C\C/C=C\CCCCC(=O)O. The predicted molar refractivity (Wildman–Crippen MR) is 117 cm³/mol. The Kier molecular flexibility index (Phi) is 18.1. The fraction of sp³-hybridized carbons (Fsp3) is 0.458. The van der Waals surface area contributed by atoms with Gasteiger partial charge in [-0.05, 0) is 44.9 Å². The van der Waals surface area contributed by atoms with Gasteiger partial charge in [0.2, 0.25) is 0 Å². The summed E-state index contributed by atoms with van der Waals surface area (Å²) in [5.74, 6) is -0.735. The van der Waals surface area contributed by atoms with E-state index in [1.54, 1.807) is 24.3 Å². The third-order valence-electron chi connectivity index (χ3n) is 3.77. The van der Waals surface area contributed by atoms with Gasteiger partial charge in [0.05, 0.1) is 12.2 Å². The molecule has 0 aliphatic heterocycles. The Morgan fingerprint density at radius 1 is 0.786 bits per heavy atom. The van der Waals surface area contributed by atoms with Crippen LogP contribution in [0.3, 0.4) is 0 Å². The molecular weight excluding hydrogens is 352 g/mol. The van der Waals surface area contributed by atoms with Gasteiger partial charge in [0, 0.05) is 6.42 Å². The summed E-state index contributed by atoms with van der Waals surface area (Å²) >= 11 is 0. The van der Waals surface area contributed by atoms with Crippen LogP contribution in [0, 0.1) is 0 Å². The third kappa shape index (κ3) is 20.1. The molecule has 0 radical (unpaired) electrons. The largest absolute Gasteiger partial charge is 0.481 e. The molecule has 0 fully saturated rings. The first kappa shape index (κ1) is 25.8. The minimum atomic E-state index is -0.735. The smallest absolute Gasteiger partial charge is 0.303 e. The highest BCUT2D eigenvalue weighted by Crippen LogP contribution is 2.02.